The average molecular weight is 397 g/mol. The zero-order chi connectivity index (χ0) is 18.0. The second-order valence-corrected chi connectivity index (χ2v) is 7.04. The van der Waals surface area contributed by atoms with E-state index in [1.807, 2.05) is 12.1 Å². The number of fused-ring (bicyclic) bond motifs is 1. The molecule has 0 spiro atoms. The first-order valence-corrected chi connectivity index (χ1v) is 8.83. The molecule has 0 fully saturated rings. The molecule has 9 heteroatoms. The summed E-state index contributed by atoms with van der Waals surface area (Å²) in [5, 5.41) is 4.26. The minimum atomic E-state index is -0.739. The van der Waals surface area contributed by atoms with Crippen LogP contribution in [0.5, 0.6) is 5.75 Å². The molecule has 3 rings (SSSR count). The fourth-order valence-corrected chi connectivity index (χ4v) is 3.39. The third-order valence-corrected chi connectivity index (χ3v) is 4.83. The lowest BCUT2D eigenvalue weighted by Gasteiger charge is -2.15. The van der Waals surface area contributed by atoms with Crippen molar-refractivity contribution >= 4 is 61.5 Å². The number of hydrogen-bond acceptors (Lipinski definition) is 6. The normalized spacial score (nSPS) is 12.0. The van der Waals surface area contributed by atoms with Gasteiger partial charge in [0.15, 0.2) is 11.2 Å². The predicted octanol–water partition coefficient (Wildman–Crippen LogP) is 4.29. The topological polar surface area (TPSA) is 89.3 Å². The van der Waals surface area contributed by atoms with Gasteiger partial charge in [0, 0.05) is 10.7 Å². The molecule has 1 heterocycles. The van der Waals surface area contributed by atoms with Gasteiger partial charge in [0.05, 0.1) is 15.2 Å². The van der Waals surface area contributed by atoms with E-state index in [4.69, 9.17) is 33.8 Å². The molecule has 6 nitrogen and oxygen atoms in total. The molecule has 1 amide bonds. The zero-order valence-corrected chi connectivity index (χ0v) is 15.4. The molecule has 0 radical (unpaired) electrons. The largest absolute Gasteiger partial charge is 0.479 e. The van der Waals surface area contributed by atoms with Crippen LogP contribution in [0.25, 0.3) is 10.2 Å². The molecular weight excluding hydrogens is 383 g/mol. The lowest BCUT2D eigenvalue weighted by atomic mass is 10.2. The molecule has 0 unspecified atom stereocenters. The Balaban J connectivity index is 1.70. The fraction of sp³-hybridized carbons (Fsp3) is 0.125. The number of ether oxygens (including phenoxy) is 1. The maximum atomic E-state index is 12.3. The number of amides is 1. The van der Waals surface area contributed by atoms with E-state index in [-0.39, 0.29) is 5.91 Å². The number of benzene rings is 2. The molecule has 0 saturated carbocycles. The molecule has 25 heavy (non-hydrogen) atoms. The standard InChI is InChI=1S/C16H14Cl2N4O2S/c1-8(24-13-5-2-9(17)6-11(13)18)15(23)20-10-3-4-12-14(7-10)25-16(21-12)22-19/h2-8H,19H2,1H3,(H,20,23)(H,21,22)/t8-/m1/s1. The number of hydrogen-bond donors (Lipinski definition) is 3. The number of nitrogens with one attached hydrogen (secondary N) is 2. The Morgan fingerprint density at radius 3 is 2.80 bits per heavy atom. The van der Waals surface area contributed by atoms with Gasteiger partial charge in [-0.15, -0.1) is 0 Å². The number of nitrogens with two attached hydrogens (primary N) is 1. The molecular formula is C16H14Cl2N4O2S. The Labute approximate surface area is 157 Å². The number of carbonyl (C=O) groups excluding carboxylic acids is 1. The highest BCUT2D eigenvalue weighted by atomic mass is 35.5. The van der Waals surface area contributed by atoms with Gasteiger partial charge in [-0.05, 0) is 43.3 Å². The maximum absolute atomic E-state index is 12.3. The quantitative estimate of drug-likeness (QED) is 0.441. The van der Waals surface area contributed by atoms with Crippen molar-refractivity contribution in [3.05, 3.63) is 46.4 Å². The van der Waals surface area contributed by atoms with Gasteiger partial charge in [-0.25, -0.2) is 10.8 Å². The van der Waals surface area contributed by atoms with E-state index in [2.05, 4.69) is 15.7 Å². The number of halogens is 2. The number of aromatic nitrogens is 1. The van der Waals surface area contributed by atoms with Crippen molar-refractivity contribution in [2.75, 3.05) is 10.7 Å². The summed E-state index contributed by atoms with van der Waals surface area (Å²) in [4.78, 5) is 16.6. The molecule has 0 bridgehead atoms. The van der Waals surface area contributed by atoms with Crippen LogP contribution in [0.3, 0.4) is 0 Å². The van der Waals surface area contributed by atoms with Crippen LogP contribution in [0.4, 0.5) is 10.8 Å². The molecule has 4 N–H and O–H groups in total. The third kappa shape index (κ3) is 4.13. The van der Waals surface area contributed by atoms with Crippen molar-refractivity contribution in [3.63, 3.8) is 0 Å². The number of nitrogen functional groups attached to an aromatic ring is 1. The number of rotatable bonds is 5. The van der Waals surface area contributed by atoms with Crippen LogP contribution in [-0.2, 0) is 4.79 Å². The number of anilines is 2. The lowest BCUT2D eigenvalue weighted by molar-refractivity contribution is -0.122. The molecule has 2 aromatic carbocycles. The van der Waals surface area contributed by atoms with Gasteiger partial charge in [-0.2, -0.15) is 0 Å². The number of carbonyl (C=O) groups is 1. The van der Waals surface area contributed by atoms with Crippen molar-refractivity contribution in [3.8, 4) is 5.75 Å². The SMILES string of the molecule is C[C@@H](Oc1ccc(Cl)cc1Cl)C(=O)Nc1ccc2nc(NN)sc2c1. The van der Waals surface area contributed by atoms with E-state index in [1.54, 1.807) is 31.2 Å². The van der Waals surface area contributed by atoms with E-state index in [0.717, 1.165) is 10.2 Å². The summed E-state index contributed by atoms with van der Waals surface area (Å²) in [6, 6.07) is 10.2. The van der Waals surface area contributed by atoms with Gasteiger partial charge in [0.2, 0.25) is 0 Å². The van der Waals surface area contributed by atoms with Crippen LogP contribution in [0, 0.1) is 0 Å². The number of nitrogens with zero attached hydrogens (tertiary/aromatic N) is 1. The summed E-state index contributed by atoms with van der Waals surface area (Å²) in [6.07, 6.45) is -0.739. The van der Waals surface area contributed by atoms with Crippen LogP contribution in [0.1, 0.15) is 6.92 Å². The Bertz CT molecular complexity index is 932. The summed E-state index contributed by atoms with van der Waals surface area (Å²) >= 11 is 13.3. The summed E-state index contributed by atoms with van der Waals surface area (Å²) in [6.45, 7) is 1.64. The molecule has 0 aliphatic heterocycles. The molecule has 130 valence electrons. The van der Waals surface area contributed by atoms with Gasteiger partial charge in [0.25, 0.3) is 5.91 Å². The summed E-state index contributed by atoms with van der Waals surface area (Å²) in [5.74, 6) is 5.45. The van der Waals surface area contributed by atoms with Crippen molar-refractivity contribution < 1.29 is 9.53 Å². The highest BCUT2D eigenvalue weighted by Crippen LogP contribution is 2.29. The van der Waals surface area contributed by atoms with Gasteiger partial charge in [0.1, 0.15) is 5.75 Å². The molecule has 0 aliphatic carbocycles. The first-order chi connectivity index (χ1) is 12.0. The van der Waals surface area contributed by atoms with Crippen LogP contribution in [-0.4, -0.2) is 17.0 Å². The predicted molar refractivity (Wildman–Crippen MR) is 103 cm³/mol. The van der Waals surface area contributed by atoms with Crippen LogP contribution >= 0.6 is 34.5 Å². The fourth-order valence-electron chi connectivity index (χ4n) is 2.12. The zero-order valence-electron chi connectivity index (χ0n) is 13.0. The highest BCUT2D eigenvalue weighted by molar-refractivity contribution is 7.22. The Morgan fingerprint density at radius 1 is 1.28 bits per heavy atom. The maximum Gasteiger partial charge on any atom is 0.265 e. The molecule has 1 aromatic heterocycles. The van der Waals surface area contributed by atoms with Crippen molar-refractivity contribution in [2.24, 2.45) is 5.84 Å². The Hall–Kier alpha value is -2.06. The third-order valence-electron chi connectivity index (χ3n) is 3.35. The minimum absolute atomic E-state index is 0.299. The smallest absolute Gasteiger partial charge is 0.265 e. The Morgan fingerprint density at radius 2 is 2.08 bits per heavy atom. The number of thiazole rings is 1. The summed E-state index contributed by atoms with van der Waals surface area (Å²) < 4.78 is 6.51. The molecule has 0 aliphatic rings. The van der Waals surface area contributed by atoms with E-state index < -0.39 is 6.10 Å². The van der Waals surface area contributed by atoms with E-state index in [0.29, 0.717) is 26.6 Å². The lowest BCUT2D eigenvalue weighted by Crippen LogP contribution is -2.30. The first kappa shape index (κ1) is 17.8. The molecule has 0 saturated heterocycles. The van der Waals surface area contributed by atoms with Crippen LogP contribution in [0.2, 0.25) is 10.0 Å². The molecule has 1 atom stereocenters. The van der Waals surface area contributed by atoms with Gasteiger partial charge < -0.3 is 10.1 Å². The Kier molecular flexibility index (Phi) is 5.29. The second kappa shape index (κ2) is 7.45. The van der Waals surface area contributed by atoms with E-state index >= 15 is 0 Å². The first-order valence-electron chi connectivity index (χ1n) is 7.26. The van der Waals surface area contributed by atoms with Crippen molar-refractivity contribution in [2.45, 2.75) is 13.0 Å². The van der Waals surface area contributed by atoms with Gasteiger partial charge >= 0.3 is 0 Å². The van der Waals surface area contributed by atoms with Crippen molar-refractivity contribution in [1.29, 1.82) is 0 Å². The van der Waals surface area contributed by atoms with Crippen molar-refractivity contribution in [1.82, 2.24) is 4.98 Å². The van der Waals surface area contributed by atoms with Gasteiger partial charge in [-0.1, -0.05) is 34.5 Å². The van der Waals surface area contributed by atoms with E-state index in [9.17, 15) is 4.79 Å². The highest BCUT2D eigenvalue weighted by Gasteiger charge is 2.17. The molecule has 3 aromatic rings. The number of hydrazine groups is 1. The average Bonchev–Trinajstić information content (AvgIpc) is 2.99. The van der Waals surface area contributed by atoms with Crippen LogP contribution in [0.15, 0.2) is 36.4 Å². The van der Waals surface area contributed by atoms with E-state index in [1.165, 1.54) is 11.3 Å². The van der Waals surface area contributed by atoms with Gasteiger partial charge in [-0.3, -0.25) is 10.2 Å². The minimum Gasteiger partial charge on any atom is -0.479 e. The monoisotopic (exact) mass is 396 g/mol. The summed E-state index contributed by atoms with van der Waals surface area (Å²) in [5.41, 5.74) is 3.95. The summed E-state index contributed by atoms with van der Waals surface area (Å²) in [7, 11) is 0. The second-order valence-electron chi connectivity index (χ2n) is 5.17. The van der Waals surface area contributed by atoms with Crippen LogP contribution < -0.4 is 21.3 Å².